The van der Waals surface area contributed by atoms with E-state index < -0.39 is 155 Å². The molecule has 2 aliphatic carbocycles. The summed E-state index contributed by atoms with van der Waals surface area (Å²) in [5, 5.41) is 82.6. The predicted molar refractivity (Wildman–Crippen MR) is 250 cm³/mol. The fraction of sp³-hybridized carbons (Fsp3) is 0.412. The molecule has 4 aromatic carbocycles. The van der Waals surface area contributed by atoms with Gasteiger partial charge >= 0.3 is 18.0 Å². The number of aryl methyl sites for hydroxylation is 1. The number of aliphatic hydroxyl groups excluding tert-OH is 5. The first-order valence-electron chi connectivity index (χ1n) is 23.2. The molecule has 4 aromatic rings. The van der Waals surface area contributed by atoms with E-state index in [0.29, 0.717) is 5.56 Å². The zero-order chi connectivity index (χ0) is 53.8. The second kappa shape index (κ2) is 21.0. The maximum Gasteiger partial charge on any atom is 0.410 e. The number of methoxy groups -OCH3 is 2. The average Bonchev–Trinajstić information content (AvgIpc) is 3.36. The molecular formula is C51H54N2O21. The Balaban J connectivity index is 1.27. The molecule has 0 bridgehead atoms. The number of ether oxygens (including phenoxy) is 8. The van der Waals surface area contributed by atoms with Gasteiger partial charge in [0.15, 0.2) is 29.9 Å². The molecule has 2 amide bonds. The van der Waals surface area contributed by atoms with Gasteiger partial charge in [-0.15, -0.1) is 0 Å². The molecule has 2 heterocycles. The summed E-state index contributed by atoms with van der Waals surface area (Å²) in [6.07, 6.45) is -18.4. The Labute approximate surface area is 421 Å². The number of amides is 2. The molecule has 0 unspecified atom stereocenters. The van der Waals surface area contributed by atoms with Gasteiger partial charge in [-0.2, -0.15) is 0 Å². The van der Waals surface area contributed by atoms with Crippen molar-refractivity contribution in [2.75, 3.05) is 27.9 Å². The number of rotatable bonds is 12. The molecule has 0 aromatic heterocycles. The Morgan fingerprint density at radius 3 is 2.18 bits per heavy atom. The third-order valence-corrected chi connectivity index (χ3v) is 13.4. The minimum absolute atomic E-state index is 0.0117. The summed E-state index contributed by atoms with van der Waals surface area (Å²) in [4.78, 5) is 83.3. The maximum atomic E-state index is 14.4. The SMILES string of the molecule is COC(=O)[C@@H](C)NC(=O)c1c(C)cc2c(c1OC(C)=O)-c1c(cc3c(c1O)C(=O)c1cc(OC)cc(O)c1C3=O)[C@H](O)[C@H]2O[C@@H]1O[C@H](C)[C@H](N(C)C(=O)OCc2ccccc2)[C@H](O[C@@H]2OC[C@@H](O)[C@H](O)[C@H]2O)[C@H]1O. The monoisotopic (exact) mass is 1030 g/mol. The quantitative estimate of drug-likeness (QED) is 0.0652. The van der Waals surface area contributed by atoms with Crippen molar-refractivity contribution >= 4 is 35.5 Å². The second-order valence-electron chi connectivity index (χ2n) is 18.2. The van der Waals surface area contributed by atoms with Crippen LogP contribution in [-0.4, -0.2) is 165 Å². The topological polar surface area (TPSA) is 333 Å². The summed E-state index contributed by atoms with van der Waals surface area (Å²) in [5.74, 6) is -6.96. The third kappa shape index (κ3) is 9.53. The van der Waals surface area contributed by atoms with E-state index >= 15 is 0 Å². The van der Waals surface area contributed by atoms with E-state index in [-0.39, 0.29) is 45.7 Å². The second-order valence-corrected chi connectivity index (χ2v) is 18.2. The van der Waals surface area contributed by atoms with Crippen molar-refractivity contribution in [3.05, 3.63) is 105 Å². The van der Waals surface area contributed by atoms with Gasteiger partial charge in [0.1, 0.15) is 72.6 Å². The van der Waals surface area contributed by atoms with E-state index in [0.717, 1.165) is 31.1 Å². The Kier molecular flexibility index (Phi) is 15.1. The highest BCUT2D eigenvalue weighted by Crippen LogP contribution is 2.57. The Morgan fingerprint density at radius 1 is 0.838 bits per heavy atom. The lowest BCUT2D eigenvalue weighted by molar-refractivity contribution is -0.344. The zero-order valence-corrected chi connectivity index (χ0v) is 40.8. The molecule has 23 nitrogen and oxygen atoms in total. The lowest BCUT2D eigenvalue weighted by Crippen LogP contribution is -2.66. The van der Waals surface area contributed by atoms with Crippen LogP contribution in [0.25, 0.3) is 11.1 Å². The van der Waals surface area contributed by atoms with Gasteiger partial charge in [-0.1, -0.05) is 36.4 Å². The molecule has 23 heteroatoms. The molecule has 4 aliphatic rings. The number of carbonyl (C=O) groups is 6. The number of nitrogens with one attached hydrogen (secondary N) is 1. The van der Waals surface area contributed by atoms with Crippen LogP contribution in [0, 0.1) is 6.92 Å². The van der Waals surface area contributed by atoms with Crippen LogP contribution >= 0.6 is 0 Å². The van der Waals surface area contributed by atoms with Crippen molar-refractivity contribution in [2.45, 2.75) is 108 Å². The molecule has 2 fully saturated rings. The summed E-state index contributed by atoms with van der Waals surface area (Å²) in [6, 6.07) is 10.8. The van der Waals surface area contributed by atoms with Gasteiger partial charge in [0, 0.05) is 42.3 Å². The molecule has 0 saturated carbocycles. The minimum atomic E-state index is -2.02. The molecule has 8 rings (SSSR count). The largest absolute Gasteiger partial charge is 0.507 e. The van der Waals surface area contributed by atoms with Crippen LogP contribution < -0.4 is 14.8 Å². The number of aliphatic hydroxyl groups is 5. The molecule has 0 spiro atoms. The Bertz CT molecular complexity index is 2910. The highest BCUT2D eigenvalue weighted by Gasteiger charge is 2.53. The number of hydrogen-bond donors (Lipinski definition) is 8. The van der Waals surface area contributed by atoms with Gasteiger partial charge in [0.05, 0.1) is 49.7 Å². The number of aromatic hydroxyl groups is 2. The first-order valence-corrected chi connectivity index (χ1v) is 23.2. The van der Waals surface area contributed by atoms with Crippen LogP contribution in [0.5, 0.6) is 23.0 Å². The molecule has 2 aliphatic heterocycles. The fourth-order valence-electron chi connectivity index (χ4n) is 9.75. The van der Waals surface area contributed by atoms with Gasteiger partial charge < -0.3 is 83.9 Å². The van der Waals surface area contributed by atoms with Crippen LogP contribution in [0.15, 0.2) is 54.6 Å². The van der Waals surface area contributed by atoms with Gasteiger partial charge in [-0.05, 0) is 55.2 Å². The van der Waals surface area contributed by atoms with Crippen LogP contribution in [-0.2, 0) is 44.6 Å². The van der Waals surface area contributed by atoms with E-state index in [2.05, 4.69) is 5.32 Å². The number of esters is 2. The highest BCUT2D eigenvalue weighted by atomic mass is 16.7. The third-order valence-electron chi connectivity index (χ3n) is 13.4. The van der Waals surface area contributed by atoms with Crippen molar-refractivity contribution in [1.29, 1.82) is 0 Å². The number of carbonyl (C=O) groups excluding carboxylic acids is 6. The summed E-state index contributed by atoms with van der Waals surface area (Å²) in [7, 11) is 3.67. The number of phenols is 2. The number of benzene rings is 4. The fourth-order valence-corrected chi connectivity index (χ4v) is 9.75. The average molecular weight is 1030 g/mol. The minimum Gasteiger partial charge on any atom is -0.507 e. The summed E-state index contributed by atoms with van der Waals surface area (Å²) in [5.41, 5.74) is -2.90. The van der Waals surface area contributed by atoms with E-state index in [1.807, 2.05) is 0 Å². The predicted octanol–water partition coefficient (Wildman–Crippen LogP) is 1.75. The maximum absolute atomic E-state index is 14.4. The van der Waals surface area contributed by atoms with Crippen molar-refractivity contribution in [2.24, 2.45) is 0 Å². The van der Waals surface area contributed by atoms with E-state index in [4.69, 9.17) is 37.9 Å². The van der Waals surface area contributed by atoms with Crippen LogP contribution in [0.3, 0.4) is 0 Å². The van der Waals surface area contributed by atoms with Crippen molar-refractivity contribution < 1.29 is 102 Å². The molecule has 2 saturated heterocycles. The number of nitrogens with zero attached hydrogens (tertiary/aromatic N) is 1. The van der Waals surface area contributed by atoms with Gasteiger partial charge in [-0.3, -0.25) is 19.2 Å². The number of hydrogen-bond acceptors (Lipinski definition) is 21. The Morgan fingerprint density at radius 2 is 1.51 bits per heavy atom. The summed E-state index contributed by atoms with van der Waals surface area (Å²) >= 11 is 0. The highest BCUT2D eigenvalue weighted by molar-refractivity contribution is 6.31. The van der Waals surface area contributed by atoms with Crippen LogP contribution in [0.4, 0.5) is 4.79 Å². The standard InChI is InChI=1S/C51H54N2O21/c1-19-13-28-34(45(72-22(4)54)31(19)47(64)52-20(2)48(65)68-7)33-26(16-27-35(41(33)61)38(58)25-14-24(67-6)15-29(55)32(25)37(27)57)39(59)44(28)73-50-43(63)46(74-49-42(62)40(60)30(56)18-69-49)36(21(3)71-50)53(5)51(66)70-17-23-11-9-8-10-12-23/h8-16,20-21,30,36,39-40,42-44,46,49-50,55-56,59-63H,17-18H2,1-7H3,(H,52,64)/t20-,21-,30-,36+,39+,40+,42-,43-,44+,46+,49+,50+/m1/s1. The van der Waals surface area contributed by atoms with Crippen molar-refractivity contribution in [1.82, 2.24) is 10.2 Å². The van der Waals surface area contributed by atoms with Gasteiger partial charge in [-0.25, -0.2) is 9.59 Å². The van der Waals surface area contributed by atoms with E-state index in [9.17, 15) is 64.5 Å². The number of likely N-dealkylation sites (N-methyl/N-ethyl adjacent to an activating group) is 1. The smallest absolute Gasteiger partial charge is 0.410 e. The Hall–Kier alpha value is -7.06. The van der Waals surface area contributed by atoms with Crippen LogP contribution in [0.2, 0.25) is 0 Å². The normalized spacial score (nSPS) is 26.3. The molecule has 12 atom stereocenters. The molecule has 74 heavy (non-hydrogen) atoms. The molecule has 394 valence electrons. The molecular weight excluding hydrogens is 977 g/mol. The summed E-state index contributed by atoms with van der Waals surface area (Å²) in [6.45, 7) is 4.52. The number of phenolic OH excluding ortho intramolecular Hbond substituents is 2. The number of fused-ring (bicyclic) bond motifs is 5. The lowest BCUT2D eigenvalue weighted by atomic mass is 9.74. The van der Waals surface area contributed by atoms with Crippen LogP contribution in [0.1, 0.15) is 97.4 Å². The van der Waals surface area contributed by atoms with Gasteiger partial charge in [0.2, 0.25) is 0 Å². The number of ketones is 2. The first-order chi connectivity index (χ1) is 35.1. The lowest BCUT2D eigenvalue weighted by Gasteiger charge is -2.49. The van der Waals surface area contributed by atoms with Crippen molar-refractivity contribution in [3.8, 4) is 34.1 Å². The molecule has 0 radical (unpaired) electrons. The summed E-state index contributed by atoms with van der Waals surface area (Å²) < 4.78 is 45.9. The first kappa shape index (κ1) is 53.2. The molecule has 8 N–H and O–H groups in total. The zero-order valence-electron chi connectivity index (χ0n) is 40.8. The van der Waals surface area contributed by atoms with Gasteiger partial charge in [0.25, 0.3) is 5.91 Å². The van der Waals surface area contributed by atoms with Crippen molar-refractivity contribution in [3.63, 3.8) is 0 Å². The van der Waals surface area contributed by atoms with E-state index in [1.165, 1.54) is 47.1 Å². The van der Waals surface area contributed by atoms with E-state index in [1.54, 1.807) is 30.3 Å².